The van der Waals surface area contributed by atoms with Crippen LogP contribution >= 0.6 is 0 Å². The van der Waals surface area contributed by atoms with Gasteiger partial charge in [0.05, 0.1) is 18.3 Å². The predicted octanol–water partition coefficient (Wildman–Crippen LogP) is 4.29. The number of aromatic nitrogens is 2. The molecule has 1 fully saturated rings. The average Bonchev–Trinajstić information content (AvgIpc) is 2.82. The van der Waals surface area contributed by atoms with Crippen molar-refractivity contribution in [3.05, 3.63) is 69.5 Å². The topological polar surface area (TPSA) is 55.0 Å². The Morgan fingerprint density at radius 2 is 1.97 bits per heavy atom. The van der Waals surface area contributed by atoms with Gasteiger partial charge in [-0.15, -0.1) is 4.98 Å². The maximum atomic E-state index is 14.9. The summed E-state index contributed by atoms with van der Waals surface area (Å²) in [6, 6.07) is 10.2. The maximum Gasteiger partial charge on any atom is 0.270 e. The standard InChI is InChI=1S/C25H28FN5O2/c1-15-14-31(20-12-23(32)29(5)19-10-11-22(27-4)28-25(19)20)16(2)13-30(15)17(3)18-8-7-9-21(33-6)24(18)26/h7-12,15-17H,13-14H2,1-3,5-6H3/t15-,16+,17?/m1/s1. The number of hydrogen-bond acceptors (Lipinski definition) is 5. The summed E-state index contributed by atoms with van der Waals surface area (Å²) in [5.41, 5.74) is 2.55. The summed E-state index contributed by atoms with van der Waals surface area (Å²) in [6.07, 6.45) is 0. The van der Waals surface area contributed by atoms with E-state index in [2.05, 4.69) is 33.5 Å². The lowest BCUT2D eigenvalue weighted by molar-refractivity contribution is 0.117. The molecule has 4 rings (SSSR count). The third-order valence-electron chi connectivity index (χ3n) is 6.67. The molecule has 3 aromatic rings. The lowest BCUT2D eigenvalue weighted by Crippen LogP contribution is -2.57. The first-order chi connectivity index (χ1) is 15.8. The molecule has 0 bridgehead atoms. The van der Waals surface area contributed by atoms with Crippen molar-refractivity contribution in [3.8, 4) is 5.75 Å². The molecule has 3 atom stereocenters. The van der Waals surface area contributed by atoms with Gasteiger partial charge in [0.2, 0.25) is 5.52 Å². The zero-order valence-corrected chi connectivity index (χ0v) is 19.5. The van der Waals surface area contributed by atoms with Gasteiger partial charge in [-0.2, -0.15) is 0 Å². The minimum absolute atomic E-state index is 0.0472. The van der Waals surface area contributed by atoms with Crippen LogP contribution < -0.4 is 15.2 Å². The molecule has 0 aliphatic carbocycles. The van der Waals surface area contributed by atoms with Gasteiger partial charge in [0.25, 0.3) is 11.4 Å². The number of ether oxygens (including phenoxy) is 1. The highest BCUT2D eigenvalue weighted by Gasteiger charge is 2.35. The van der Waals surface area contributed by atoms with Gasteiger partial charge in [0, 0.05) is 49.9 Å². The summed E-state index contributed by atoms with van der Waals surface area (Å²) in [4.78, 5) is 25.1. The number of pyridine rings is 2. The monoisotopic (exact) mass is 449 g/mol. The van der Waals surface area contributed by atoms with E-state index in [0.29, 0.717) is 35.5 Å². The number of fused-ring (bicyclic) bond motifs is 1. The van der Waals surface area contributed by atoms with E-state index >= 15 is 0 Å². The summed E-state index contributed by atoms with van der Waals surface area (Å²) in [5, 5.41) is 0. The number of methoxy groups -OCH3 is 1. The van der Waals surface area contributed by atoms with Crippen LogP contribution in [0.5, 0.6) is 5.75 Å². The van der Waals surface area contributed by atoms with E-state index in [-0.39, 0.29) is 35.3 Å². The molecule has 0 saturated carbocycles. The number of benzene rings is 1. The molecular weight excluding hydrogens is 421 g/mol. The summed E-state index contributed by atoms with van der Waals surface area (Å²) in [7, 11) is 3.18. The van der Waals surface area contributed by atoms with E-state index in [1.54, 1.807) is 41.9 Å². The zero-order chi connectivity index (χ0) is 23.9. The number of hydrogen-bond donors (Lipinski definition) is 0. The molecule has 8 heteroatoms. The Labute approximate surface area is 192 Å². The Morgan fingerprint density at radius 3 is 2.67 bits per heavy atom. The molecule has 7 nitrogen and oxygen atoms in total. The number of rotatable bonds is 4. The average molecular weight is 450 g/mol. The summed E-state index contributed by atoms with van der Waals surface area (Å²) in [5.74, 6) is 0.207. The highest BCUT2D eigenvalue weighted by Crippen LogP contribution is 2.35. The van der Waals surface area contributed by atoms with Crippen molar-refractivity contribution in [2.24, 2.45) is 7.05 Å². The second-order valence-electron chi connectivity index (χ2n) is 8.66. The Bertz CT molecular complexity index is 1300. The fraction of sp³-hybridized carbons (Fsp3) is 0.400. The second kappa shape index (κ2) is 8.83. The van der Waals surface area contributed by atoms with Gasteiger partial charge in [-0.3, -0.25) is 9.69 Å². The van der Waals surface area contributed by atoms with Gasteiger partial charge in [0.15, 0.2) is 11.6 Å². The SMILES string of the molecule is [C-]#[N+]c1ccc2c(n1)c(N1C[C@@H](C)N(C(C)c3cccc(OC)c3F)C[C@@H]1C)cc(=O)n2C. The largest absolute Gasteiger partial charge is 0.494 e. The molecule has 0 spiro atoms. The highest BCUT2D eigenvalue weighted by atomic mass is 19.1. The van der Waals surface area contributed by atoms with Gasteiger partial charge in [-0.25, -0.2) is 4.39 Å². The maximum absolute atomic E-state index is 14.9. The fourth-order valence-electron chi connectivity index (χ4n) is 4.80. The molecule has 172 valence electrons. The molecule has 0 amide bonds. The van der Waals surface area contributed by atoms with Crippen molar-refractivity contribution in [1.82, 2.24) is 14.5 Å². The van der Waals surface area contributed by atoms with Crippen LogP contribution in [-0.4, -0.2) is 46.7 Å². The first-order valence-corrected chi connectivity index (χ1v) is 11.0. The number of nitrogens with zero attached hydrogens (tertiary/aromatic N) is 5. The van der Waals surface area contributed by atoms with E-state index in [1.807, 2.05) is 13.0 Å². The van der Waals surface area contributed by atoms with Crippen molar-refractivity contribution >= 4 is 22.5 Å². The Kier molecular flexibility index (Phi) is 6.09. The number of piperazine rings is 1. The van der Waals surface area contributed by atoms with E-state index in [1.165, 1.54) is 7.11 Å². The zero-order valence-electron chi connectivity index (χ0n) is 19.5. The number of anilines is 1. The Hall–Kier alpha value is -3.44. The van der Waals surface area contributed by atoms with Gasteiger partial charge >= 0.3 is 0 Å². The molecule has 3 heterocycles. The van der Waals surface area contributed by atoms with Crippen LogP contribution in [0.3, 0.4) is 0 Å². The first-order valence-electron chi connectivity index (χ1n) is 11.0. The van der Waals surface area contributed by atoms with Crippen LogP contribution in [0, 0.1) is 12.4 Å². The van der Waals surface area contributed by atoms with Crippen molar-refractivity contribution in [3.63, 3.8) is 0 Å². The lowest BCUT2D eigenvalue weighted by Gasteiger charge is -2.47. The second-order valence-corrected chi connectivity index (χ2v) is 8.66. The Morgan fingerprint density at radius 1 is 1.21 bits per heavy atom. The first kappa shape index (κ1) is 22.7. The molecular formula is C25H28FN5O2. The van der Waals surface area contributed by atoms with Crippen molar-refractivity contribution in [1.29, 1.82) is 0 Å². The van der Waals surface area contributed by atoms with Gasteiger partial charge in [0.1, 0.15) is 0 Å². The third-order valence-corrected chi connectivity index (χ3v) is 6.67. The summed E-state index contributed by atoms with van der Waals surface area (Å²) >= 11 is 0. The predicted molar refractivity (Wildman–Crippen MR) is 128 cm³/mol. The van der Waals surface area contributed by atoms with Crippen molar-refractivity contribution in [2.75, 3.05) is 25.1 Å². The lowest BCUT2D eigenvalue weighted by atomic mass is 9.99. The normalized spacial score (nSPS) is 20.0. The van der Waals surface area contributed by atoms with E-state index in [9.17, 15) is 9.18 Å². The number of halogens is 1. The molecule has 0 radical (unpaired) electrons. The quantitative estimate of drug-likeness (QED) is 0.556. The molecule has 1 aliphatic rings. The minimum Gasteiger partial charge on any atom is -0.494 e. The summed E-state index contributed by atoms with van der Waals surface area (Å²) < 4.78 is 21.7. The molecule has 33 heavy (non-hydrogen) atoms. The Balaban J connectivity index is 1.70. The molecule has 1 aromatic carbocycles. The fourth-order valence-corrected chi connectivity index (χ4v) is 4.80. The van der Waals surface area contributed by atoms with Gasteiger partial charge < -0.3 is 19.0 Å². The third kappa shape index (κ3) is 3.93. The molecule has 1 unspecified atom stereocenters. The molecule has 2 aromatic heterocycles. The smallest absolute Gasteiger partial charge is 0.270 e. The molecule has 1 saturated heterocycles. The van der Waals surface area contributed by atoms with E-state index < -0.39 is 0 Å². The van der Waals surface area contributed by atoms with Crippen LogP contribution in [0.15, 0.2) is 41.2 Å². The van der Waals surface area contributed by atoms with E-state index in [4.69, 9.17) is 11.3 Å². The minimum atomic E-state index is -0.330. The van der Waals surface area contributed by atoms with Crippen molar-refractivity contribution in [2.45, 2.75) is 38.9 Å². The molecule has 0 N–H and O–H groups in total. The highest BCUT2D eigenvalue weighted by molar-refractivity contribution is 5.89. The van der Waals surface area contributed by atoms with E-state index in [0.717, 1.165) is 5.69 Å². The van der Waals surface area contributed by atoms with Gasteiger partial charge in [-0.1, -0.05) is 18.7 Å². The van der Waals surface area contributed by atoms with Crippen LogP contribution in [0.25, 0.3) is 15.9 Å². The van der Waals surface area contributed by atoms with Crippen molar-refractivity contribution < 1.29 is 9.13 Å². The van der Waals surface area contributed by atoms with Crippen LogP contribution in [0.4, 0.5) is 15.9 Å². The number of aryl methyl sites for hydroxylation is 1. The summed E-state index contributed by atoms with van der Waals surface area (Å²) in [6.45, 7) is 14.9. The molecule has 1 aliphatic heterocycles. The van der Waals surface area contributed by atoms with Gasteiger partial charge in [-0.05, 0) is 39.0 Å². The van der Waals surface area contributed by atoms with Crippen LogP contribution in [-0.2, 0) is 7.05 Å². The van der Waals surface area contributed by atoms with Crippen LogP contribution in [0.2, 0.25) is 0 Å². The van der Waals surface area contributed by atoms with Crippen LogP contribution in [0.1, 0.15) is 32.4 Å².